The molecular weight excluding hydrogens is 284 g/mol. The molecule has 0 spiro atoms. The van der Waals surface area contributed by atoms with Gasteiger partial charge in [0.1, 0.15) is 0 Å². The summed E-state index contributed by atoms with van der Waals surface area (Å²) in [5.41, 5.74) is 0.819. The maximum Gasteiger partial charge on any atom is 0.382 e. The van der Waals surface area contributed by atoms with E-state index in [9.17, 15) is 14.4 Å². The third-order valence-corrected chi connectivity index (χ3v) is 3.07. The average molecular weight is 292 g/mol. The summed E-state index contributed by atoms with van der Waals surface area (Å²) in [5, 5.41) is 0.434. The van der Waals surface area contributed by atoms with Crippen LogP contribution in [0.4, 0.5) is 0 Å². The first-order valence-corrected chi connectivity index (χ1v) is 6.24. The number of hydroxylamine groups is 2. The Morgan fingerprint density at radius 3 is 2.23 bits per heavy atom. The smallest absolute Gasteiger partial charge is 0.323 e. The predicted octanol–water partition coefficient (Wildman–Crippen LogP) is 1.43. The number of benzene rings is 1. The molecule has 1 aliphatic rings. The van der Waals surface area contributed by atoms with E-state index < -0.39 is 17.8 Å². The van der Waals surface area contributed by atoms with Crippen molar-refractivity contribution in [1.29, 1.82) is 0 Å². The van der Waals surface area contributed by atoms with E-state index in [2.05, 4.69) is 10.9 Å². The van der Waals surface area contributed by atoms with Crippen molar-refractivity contribution in [2.45, 2.75) is 0 Å². The van der Waals surface area contributed by atoms with Crippen LogP contribution in [0.3, 0.4) is 0 Å². The number of terminal acetylenes is 1. The van der Waals surface area contributed by atoms with E-state index in [1.54, 1.807) is 12.1 Å². The number of fused-ring (bicyclic) bond motifs is 1. The fourth-order valence-corrected chi connectivity index (χ4v) is 1.98. The van der Waals surface area contributed by atoms with Gasteiger partial charge < -0.3 is 4.84 Å². The first-order chi connectivity index (χ1) is 10.6. The first kappa shape index (κ1) is 13.5. The van der Waals surface area contributed by atoms with Gasteiger partial charge in [-0.2, -0.15) is 0 Å². The van der Waals surface area contributed by atoms with Gasteiger partial charge in [-0.25, -0.2) is 9.78 Å². The Hall–Kier alpha value is -3.46. The molecule has 1 aliphatic heterocycles. The molecule has 6 heteroatoms. The standard InChI is InChI=1S/C16H8N2O4/c1-2-10-7-8-13(17-9-10)16(21)22-18-14(19)11-5-3-4-6-12(11)15(18)20/h1,3-9H. The normalized spacial score (nSPS) is 12.8. The van der Waals surface area contributed by atoms with E-state index in [0.29, 0.717) is 10.6 Å². The van der Waals surface area contributed by atoms with Crippen molar-refractivity contribution >= 4 is 17.8 Å². The minimum Gasteiger partial charge on any atom is -0.323 e. The highest BCUT2D eigenvalue weighted by molar-refractivity contribution is 6.21. The number of imide groups is 1. The summed E-state index contributed by atoms with van der Waals surface area (Å²) in [4.78, 5) is 44.8. The number of carbonyl (C=O) groups is 3. The van der Waals surface area contributed by atoms with Crippen molar-refractivity contribution in [1.82, 2.24) is 10.0 Å². The van der Waals surface area contributed by atoms with Gasteiger partial charge in [0.05, 0.1) is 11.1 Å². The van der Waals surface area contributed by atoms with Gasteiger partial charge in [-0.05, 0) is 24.3 Å². The number of rotatable bonds is 2. The van der Waals surface area contributed by atoms with E-state index >= 15 is 0 Å². The Morgan fingerprint density at radius 2 is 1.73 bits per heavy atom. The van der Waals surface area contributed by atoms with Gasteiger partial charge in [-0.15, -0.1) is 6.42 Å². The molecule has 0 unspecified atom stereocenters. The van der Waals surface area contributed by atoms with E-state index in [4.69, 9.17) is 11.3 Å². The van der Waals surface area contributed by atoms with E-state index in [-0.39, 0.29) is 16.8 Å². The lowest BCUT2D eigenvalue weighted by atomic mass is 10.1. The highest BCUT2D eigenvalue weighted by Crippen LogP contribution is 2.23. The van der Waals surface area contributed by atoms with Gasteiger partial charge in [-0.3, -0.25) is 9.59 Å². The van der Waals surface area contributed by atoms with E-state index in [0.717, 1.165) is 0 Å². The number of hydrogen-bond donors (Lipinski definition) is 0. The van der Waals surface area contributed by atoms with Crippen molar-refractivity contribution in [3.05, 3.63) is 65.0 Å². The van der Waals surface area contributed by atoms with Crippen molar-refractivity contribution < 1.29 is 19.2 Å². The molecule has 22 heavy (non-hydrogen) atoms. The van der Waals surface area contributed by atoms with Crippen LogP contribution >= 0.6 is 0 Å². The highest BCUT2D eigenvalue weighted by Gasteiger charge is 2.38. The van der Waals surface area contributed by atoms with Crippen LogP contribution in [0, 0.1) is 12.3 Å². The molecule has 106 valence electrons. The molecule has 3 rings (SSSR count). The van der Waals surface area contributed by atoms with Gasteiger partial charge >= 0.3 is 5.97 Å². The molecule has 2 aromatic rings. The fourth-order valence-electron chi connectivity index (χ4n) is 1.98. The van der Waals surface area contributed by atoms with E-state index in [1.165, 1.54) is 30.5 Å². The average Bonchev–Trinajstić information content (AvgIpc) is 2.80. The lowest BCUT2D eigenvalue weighted by molar-refractivity contribution is -0.0588. The molecule has 2 amide bonds. The summed E-state index contributed by atoms with van der Waals surface area (Å²) in [7, 11) is 0. The van der Waals surface area contributed by atoms with Gasteiger partial charge in [0.2, 0.25) is 0 Å². The second-order valence-electron chi connectivity index (χ2n) is 4.41. The molecule has 6 nitrogen and oxygen atoms in total. The van der Waals surface area contributed by atoms with Crippen LogP contribution in [-0.4, -0.2) is 27.8 Å². The van der Waals surface area contributed by atoms with E-state index in [1.807, 2.05) is 0 Å². The Morgan fingerprint density at radius 1 is 1.09 bits per heavy atom. The predicted molar refractivity (Wildman–Crippen MR) is 74.5 cm³/mol. The first-order valence-electron chi connectivity index (χ1n) is 6.24. The number of amides is 2. The maximum atomic E-state index is 12.1. The molecule has 1 aromatic heterocycles. The van der Waals surface area contributed by atoms with Crippen molar-refractivity contribution in [2.75, 3.05) is 0 Å². The number of pyridine rings is 1. The second-order valence-corrected chi connectivity index (χ2v) is 4.41. The minimum atomic E-state index is -0.918. The fraction of sp³-hybridized carbons (Fsp3) is 0. The monoisotopic (exact) mass is 292 g/mol. The second kappa shape index (κ2) is 5.14. The summed E-state index contributed by atoms with van der Waals surface area (Å²) < 4.78 is 0. The summed E-state index contributed by atoms with van der Waals surface area (Å²) in [6.45, 7) is 0. The van der Waals surface area contributed by atoms with Crippen LogP contribution in [0.2, 0.25) is 0 Å². The third kappa shape index (κ3) is 2.11. The maximum absolute atomic E-state index is 12.1. The Labute approximate surface area is 125 Å². The zero-order chi connectivity index (χ0) is 15.7. The van der Waals surface area contributed by atoms with Crippen molar-refractivity contribution in [2.24, 2.45) is 0 Å². The molecule has 0 saturated heterocycles. The summed E-state index contributed by atoms with van der Waals surface area (Å²) >= 11 is 0. The quantitative estimate of drug-likeness (QED) is 0.618. The molecule has 0 bridgehead atoms. The van der Waals surface area contributed by atoms with Crippen molar-refractivity contribution in [3.63, 3.8) is 0 Å². The zero-order valence-electron chi connectivity index (χ0n) is 11.1. The summed E-state index contributed by atoms with van der Waals surface area (Å²) in [5.74, 6) is 0.0686. The molecule has 0 aliphatic carbocycles. The topological polar surface area (TPSA) is 76.6 Å². The molecule has 0 atom stereocenters. The van der Waals surface area contributed by atoms with Crippen LogP contribution in [-0.2, 0) is 4.84 Å². The van der Waals surface area contributed by atoms with Crippen molar-refractivity contribution in [3.8, 4) is 12.3 Å². The zero-order valence-corrected chi connectivity index (χ0v) is 11.1. The molecule has 0 fully saturated rings. The van der Waals surface area contributed by atoms with Crippen LogP contribution in [0.25, 0.3) is 0 Å². The largest absolute Gasteiger partial charge is 0.382 e. The minimum absolute atomic E-state index is 0.0597. The summed E-state index contributed by atoms with van der Waals surface area (Å²) in [6, 6.07) is 9.08. The molecule has 2 heterocycles. The van der Waals surface area contributed by atoms with Crippen LogP contribution in [0.1, 0.15) is 36.8 Å². The third-order valence-electron chi connectivity index (χ3n) is 3.07. The van der Waals surface area contributed by atoms with Gasteiger partial charge in [0, 0.05) is 11.8 Å². The van der Waals surface area contributed by atoms with Crippen LogP contribution in [0.5, 0.6) is 0 Å². The number of hydrogen-bond acceptors (Lipinski definition) is 5. The van der Waals surface area contributed by atoms with Gasteiger partial charge in [0.15, 0.2) is 5.69 Å². The lowest BCUT2D eigenvalue weighted by Gasteiger charge is -2.12. The number of aromatic nitrogens is 1. The van der Waals surface area contributed by atoms with Crippen LogP contribution < -0.4 is 0 Å². The molecule has 0 N–H and O–H groups in total. The Balaban J connectivity index is 1.82. The highest BCUT2D eigenvalue weighted by atomic mass is 16.7. The van der Waals surface area contributed by atoms with Gasteiger partial charge in [-0.1, -0.05) is 23.1 Å². The Kier molecular flexibility index (Phi) is 3.16. The van der Waals surface area contributed by atoms with Crippen LogP contribution in [0.15, 0.2) is 42.6 Å². The van der Waals surface area contributed by atoms with Gasteiger partial charge in [0.25, 0.3) is 11.8 Å². The molecule has 0 saturated carbocycles. The SMILES string of the molecule is C#Cc1ccc(C(=O)ON2C(=O)c3ccccc3C2=O)nc1. The summed E-state index contributed by atoms with van der Waals surface area (Å²) in [6.07, 6.45) is 6.51. The number of nitrogens with zero attached hydrogens (tertiary/aromatic N) is 2. The molecule has 1 aromatic carbocycles. The Bertz CT molecular complexity index is 799. The lowest BCUT2D eigenvalue weighted by Crippen LogP contribution is -2.32. The molecule has 0 radical (unpaired) electrons. The number of carbonyl (C=O) groups excluding carboxylic acids is 3. The molecular formula is C16H8N2O4.